The van der Waals surface area contributed by atoms with Crippen LogP contribution in [0.5, 0.6) is 0 Å². The van der Waals surface area contributed by atoms with Gasteiger partial charge in [-0.05, 0) is 20.2 Å². The fourth-order valence-corrected chi connectivity index (χ4v) is 1.22. The molecule has 1 amide bonds. The highest BCUT2D eigenvalue weighted by molar-refractivity contribution is 5.93. The highest BCUT2D eigenvalue weighted by Gasteiger charge is 2.06. The predicted molar refractivity (Wildman–Crippen MR) is 66.9 cm³/mol. The van der Waals surface area contributed by atoms with E-state index < -0.39 is 0 Å². The Labute approximate surface area is 101 Å². The summed E-state index contributed by atoms with van der Waals surface area (Å²) in [5.74, 6) is -0.169. The number of rotatable bonds is 7. The lowest BCUT2D eigenvalue weighted by atomic mass is 10.4. The first kappa shape index (κ1) is 13.5. The lowest BCUT2D eigenvalue weighted by molar-refractivity contribution is 0.0896. The van der Waals surface area contributed by atoms with Gasteiger partial charge in [-0.25, -0.2) is 0 Å². The number of aromatic amines is 1. The second-order valence-electron chi connectivity index (χ2n) is 4.02. The topological polar surface area (TPSA) is 83.4 Å². The van der Waals surface area contributed by atoms with E-state index in [0.29, 0.717) is 31.1 Å². The van der Waals surface area contributed by atoms with Gasteiger partial charge in [-0.15, -0.1) is 0 Å². The quantitative estimate of drug-likeness (QED) is 0.581. The van der Waals surface area contributed by atoms with Crippen molar-refractivity contribution in [3.05, 3.63) is 18.0 Å². The Morgan fingerprint density at radius 2 is 2.29 bits per heavy atom. The molecular formula is C11H20N4O2. The first-order valence-corrected chi connectivity index (χ1v) is 5.54. The van der Waals surface area contributed by atoms with E-state index in [1.807, 2.05) is 19.0 Å². The number of aromatic nitrogens is 1. The average Bonchev–Trinajstić information content (AvgIpc) is 2.69. The van der Waals surface area contributed by atoms with E-state index in [4.69, 9.17) is 10.5 Å². The Balaban J connectivity index is 2.09. The molecule has 0 aromatic carbocycles. The number of H-pyrrole nitrogens is 1. The molecule has 0 unspecified atom stereocenters. The molecule has 4 N–H and O–H groups in total. The van der Waals surface area contributed by atoms with Gasteiger partial charge in [0.2, 0.25) is 0 Å². The molecule has 0 saturated heterocycles. The normalized spacial score (nSPS) is 10.8. The van der Waals surface area contributed by atoms with Crippen LogP contribution in [0, 0.1) is 0 Å². The molecule has 0 saturated carbocycles. The monoisotopic (exact) mass is 240 g/mol. The second-order valence-corrected chi connectivity index (χ2v) is 4.02. The van der Waals surface area contributed by atoms with E-state index in [0.717, 1.165) is 6.54 Å². The maximum absolute atomic E-state index is 11.5. The molecule has 0 aliphatic carbocycles. The summed E-state index contributed by atoms with van der Waals surface area (Å²) in [6.07, 6.45) is 1.59. The molecule has 0 aliphatic heterocycles. The van der Waals surface area contributed by atoms with Crippen molar-refractivity contribution in [2.45, 2.75) is 0 Å². The molecule has 1 aromatic rings. The maximum Gasteiger partial charge on any atom is 0.267 e. The molecule has 17 heavy (non-hydrogen) atoms. The second kappa shape index (κ2) is 6.93. The summed E-state index contributed by atoms with van der Waals surface area (Å²) >= 11 is 0. The lowest BCUT2D eigenvalue weighted by Gasteiger charge is -2.10. The molecule has 6 nitrogen and oxygen atoms in total. The Morgan fingerprint density at radius 1 is 1.53 bits per heavy atom. The predicted octanol–water partition coefficient (Wildman–Crippen LogP) is -0.0951. The first-order valence-electron chi connectivity index (χ1n) is 5.54. The van der Waals surface area contributed by atoms with Crippen LogP contribution in [0.2, 0.25) is 0 Å². The number of hydrogen-bond acceptors (Lipinski definition) is 4. The van der Waals surface area contributed by atoms with Gasteiger partial charge in [-0.3, -0.25) is 4.79 Å². The number of nitrogens with one attached hydrogen (secondary N) is 2. The Morgan fingerprint density at radius 3 is 2.88 bits per heavy atom. The van der Waals surface area contributed by atoms with Crippen molar-refractivity contribution in [2.24, 2.45) is 0 Å². The molecular weight excluding hydrogens is 220 g/mol. The number of anilines is 1. The van der Waals surface area contributed by atoms with Crippen LogP contribution in [0.1, 0.15) is 10.5 Å². The van der Waals surface area contributed by atoms with E-state index in [1.54, 1.807) is 12.3 Å². The summed E-state index contributed by atoms with van der Waals surface area (Å²) < 4.78 is 5.34. The number of nitrogens with two attached hydrogens (primary N) is 1. The molecule has 6 heteroatoms. The van der Waals surface area contributed by atoms with E-state index >= 15 is 0 Å². The highest BCUT2D eigenvalue weighted by atomic mass is 16.5. The van der Waals surface area contributed by atoms with Gasteiger partial charge in [-0.1, -0.05) is 0 Å². The van der Waals surface area contributed by atoms with Crippen LogP contribution in [0.15, 0.2) is 12.3 Å². The van der Waals surface area contributed by atoms with Crippen LogP contribution in [-0.2, 0) is 4.74 Å². The number of nitrogen functional groups attached to an aromatic ring is 1. The van der Waals surface area contributed by atoms with Gasteiger partial charge in [-0.2, -0.15) is 0 Å². The van der Waals surface area contributed by atoms with Gasteiger partial charge >= 0.3 is 0 Å². The van der Waals surface area contributed by atoms with Crippen LogP contribution < -0.4 is 11.1 Å². The standard InChI is InChI=1S/C11H20N4O2/c1-15(2)4-6-17-5-3-13-11(16)10-7-9(12)8-14-10/h7-8,14H,3-6,12H2,1-2H3,(H,13,16). The molecule has 1 heterocycles. The van der Waals surface area contributed by atoms with Gasteiger partial charge in [0.15, 0.2) is 0 Å². The van der Waals surface area contributed by atoms with Gasteiger partial charge in [0, 0.05) is 25.0 Å². The molecule has 0 radical (unpaired) electrons. The Kier molecular flexibility index (Phi) is 5.51. The smallest absolute Gasteiger partial charge is 0.267 e. The number of nitrogens with zero attached hydrogens (tertiary/aromatic N) is 1. The van der Waals surface area contributed by atoms with Crippen LogP contribution >= 0.6 is 0 Å². The molecule has 0 fully saturated rings. The summed E-state index contributed by atoms with van der Waals surface area (Å²) in [5.41, 5.74) is 6.52. The summed E-state index contributed by atoms with van der Waals surface area (Å²) in [5, 5.41) is 2.74. The van der Waals surface area contributed by atoms with Crippen molar-refractivity contribution >= 4 is 11.6 Å². The van der Waals surface area contributed by atoms with Gasteiger partial charge in [0.1, 0.15) is 5.69 Å². The van der Waals surface area contributed by atoms with Crippen LogP contribution in [0.3, 0.4) is 0 Å². The molecule has 0 spiro atoms. The maximum atomic E-state index is 11.5. The summed E-state index contributed by atoms with van der Waals surface area (Å²) in [6, 6.07) is 1.60. The Bertz CT molecular complexity index is 349. The zero-order chi connectivity index (χ0) is 12.7. The van der Waals surface area contributed by atoms with E-state index in [-0.39, 0.29) is 5.91 Å². The molecule has 0 aliphatic rings. The van der Waals surface area contributed by atoms with Gasteiger partial charge in [0.25, 0.3) is 5.91 Å². The molecule has 0 atom stereocenters. The number of likely N-dealkylation sites (N-methyl/N-ethyl adjacent to an activating group) is 1. The van der Waals surface area contributed by atoms with E-state index in [2.05, 4.69) is 10.3 Å². The van der Waals surface area contributed by atoms with Crippen molar-refractivity contribution in [3.63, 3.8) is 0 Å². The van der Waals surface area contributed by atoms with Crippen molar-refractivity contribution < 1.29 is 9.53 Å². The fraction of sp³-hybridized carbons (Fsp3) is 0.545. The highest BCUT2D eigenvalue weighted by Crippen LogP contribution is 2.03. The third-order valence-corrected chi connectivity index (χ3v) is 2.16. The summed E-state index contributed by atoms with van der Waals surface area (Å²) in [6.45, 7) is 2.54. The zero-order valence-corrected chi connectivity index (χ0v) is 10.3. The third kappa shape index (κ3) is 5.37. The number of ether oxygens (including phenoxy) is 1. The SMILES string of the molecule is CN(C)CCOCCNC(=O)c1cc(N)c[nH]1. The number of amides is 1. The lowest BCUT2D eigenvalue weighted by Crippen LogP contribution is -2.28. The van der Waals surface area contributed by atoms with E-state index in [1.165, 1.54) is 0 Å². The molecule has 1 rings (SSSR count). The average molecular weight is 240 g/mol. The van der Waals surface area contributed by atoms with Crippen LogP contribution in [-0.4, -0.2) is 56.2 Å². The zero-order valence-electron chi connectivity index (χ0n) is 10.3. The van der Waals surface area contributed by atoms with Crippen LogP contribution in [0.25, 0.3) is 0 Å². The summed E-state index contributed by atoms with van der Waals surface area (Å²) in [7, 11) is 3.97. The number of hydrogen-bond donors (Lipinski definition) is 3. The van der Waals surface area contributed by atoms with Gasteiger partial charge < -0.3 is 25.7 Å². The number of carbonyl (C=O) groups is 1. The number of carbonyl (C=O) groups excluding carboxylic acids is 1. The van der Waals surface area contributed by atoms with Crippen molar-refractivity contribution in [1.82, 2.24) is 15.2 Å². The van der Waals surface area contributed by atoms with Crippen LogP contribution in [0.4, 0.5) is 5.69 Å². The first-order chi connectivity index (χ1) is 8.09. The van der Waals surface area contributed by atoms with E-state index in [9.17, 15) is 4.79 Å². The fourth-order valence-electron chi connectivity index (χ4n) is 1.22. The molecule has 1 aromatic heterocycles. The molecule has 0 bridgehead atoms. The van der Waals surface area contributed by atoms with Gasteiger partial charge in [0.05, 0.1) is 13.2 Å². The minimum Gasteiger partial charge on any atom is -0.397 e. The van der Waals surface area contributed by atoms with Crippen molar-refractivity contribution in [3.8, 4) is 0 Å². The van der Waals surface area contributed by atoms with Crippen molar-refractivity contribution in [1.29, 1.82) is 0 Å². The Hall–Kier alpha value is -1.53. The third-order valence-electron chi connectivity index (χ3n) is 2.16. The summed E-state index contributed by atoms with van der Waals surface area (Å²) in [4.78, 5) is 16.4. The largest absolute Gasteiger partial charge is 0.397 e. The minimum absolute atomic E-state index is 0.169. The minimum atomic E-state index is -0.169. The van der Waals surface area contributed by atoms with Crippen molar-refractivity contribution in [2.75, 3.05) is 46.1 Å². The molecule has 96 valence electrons.